The first-order valence-electron chi connectivity index (χ1n) is 11.6. The second-order valence-corrected chi connectivity index (χ2v) is 8.43. The average Bonchev–Trinajstić information content (AvgIpc) is 3.58. The van der Waals surface area contributed by atoms with Gasteiger partial charge in [0.25, 0.3) is 11.8 Å². The highest BCUT2D eigenvalue weighted by Crippen LogP contribution is 2.26. The van der Waals surface area contributed by atoms with Crippen LogP contribution in [0.2, 0.25) is 0 Å². The minimum Gasteiger partial charge on any atom is -0.467 e. The van der Waals surface area contributed by atoms with Crippen LogP contribution in [0.25, 0.3) is 0 Å². The summed E-state index contributed by atoms with van der Waals surface area (Å²) in [6.45, 7) is -0.111. The van der Waals surface area contributed by atoms with Gasteiger partial charge in [-0.2, -0.15) is 0 Å². The molecule has 8 heteroatoms. The van der Waals surface area contributed by atoms with E-state index in [1.807, 2.05) is 30.3 Å². The molecule has 34 heavy (non-hydrogen) atoms. The lowest BCUT2D eigenvalue weighted by Gasteiger charge is -2.32. The molecule has 1 aliphatic carbocycles. The summed E-state index contributed by atoms with van der Waals surface area (Å²) in [5.74, 6) is -0.721. The summed E-state index contributed by atoms with van der Waals surface area (Å²) in [5.41, 5.74) is 0.857. The maximum atomic E-state index is 13.5. The van der Waals surface area contributed by atoms with Crippen LogP contribution in [0.4, 0.5) is 0 Å². The van der Waals surface area contributed by atoms with E-state index in [4.69, 9.17) is 8.83 Å². The van der Waals surface area contributed by atoms with Crippen molar-refractivity contribution < 1.29 is 23.2 Å². The minimum absolute atomic E-state index is 0.0750. The molecule has 2 aromatic heterocycles. The number of benzene rings is 1. The zero-order valence-corrected chi connectivity index (χ0v) is 18.9. The van der Waals surface area contributed by atoms with Gasteiger partial charge in [-0.15, -0.1) is 0 Å². The van der Waals surface area contributed by atoms with Gasteiger partial charge in [0, 0.05) is 12.6 Å². The Morgan fingerprint density at radius 1 is 0.912 bits per heavy atom. The van der Waals surface area contributed by atoms with Gasteiger partial charge in [0.15, 0.2) is 11.8 Å². The van der Waals surface area contributed by atoms with E-state index in [2.05, 4.69) is 10.6 Å². The fourth-order valence-electron chi connectivity index (χ4n) is 4.25. The molecule has 3 amide bonds. The molecule has 8 nitrogen and oxygen atoms in total. The number of carbonyl (C=O) groups excluding carboxylic acids is 3. The fraction of sp³-hybridized carbons (Fsp3) is 0.346. The molecule has 0 aliphatic heterocycles. The average molecular weight is 464 g/mol. The Balaban J connectivity index is 1.57. The maximum absolute atomic E-state index is 13.5. The zero-order chi connectivity index (χ0) is 23.8. The predicted octanol–water partition coefficient (Wildman–Crippen LogP) is 3.82. The van der Waals surface area contributed by atoms with Crippen molar-refractivity contribution in [2.75, 3.05) is 6.54 Å². The number of amides is 3. The number of furan rings is 2. The van der Waals surface area contributed by atoms with Crippen LogP contribution in [-0.4, -0.2) is 35.2 Å². The van der Waals surface area contributed by atoms with E-state index in [-0.39, 0.29) is 30.8 Å². The number of carbonyl (C=O) groups is 3. The lowest BCUT2D eigenvalue weighted by Crippen LogP contribution is -2.49. The van der Waals surface area contributed by atoms with Crippen LogP contribution in [0.15, 0.2) is 76.0 Å². The third-order valence-corrected chi connectivity index (χ3v) is 5.99. The summed E-state index contributed by atoms with van der Waals surface area (Å²) < 4.78 is 10.7. The SMILES string of the molecule is O=C(NCC(=O)N(Cc1ccccc1)[C@H](C(=O)NC1CCCCC1)c1ccco1)c1ccco1. The third-order valence-electron chi connectivity index (χ3n) is 5.99. The Morgan fingerprint density at radius 2 is 1.65 bits per heavy atom. The molecular formula is C26H29N3O5. The van der Waals surface area contributed by atoms with E-state index >= 15 is 0 Å². The Hall–Kier alpha value is -3.81. The number of nitrogens with zero attached hydrogens (tertiary/aromatic N) is 1. The molecule has 0 spiro atoms. The normalized spacial score (nSPS) is 14.8. The number of hydrogen-bond donors (Lipinski definition) is 2. The largest absolute Gasteiger partial charge is 0.467 e. The van der Waals surface area contributed by atoms with Crippen molar-refractivity contribution in [1.82, 2.24) is 15.5 Å². The molecule has 0 radical (unpaired) electrons. The molecule has 1 saturated carbocycles. The Kier molecular flexibility index (Phi) is 7.80. The lowest BCUT2D eigenvalue weighted by molar-refractivity contribution is -0.142. The van der Waals surface area contributed by atoms with Crippen LogP contribution >= 0.6 is 0 Å². The molecule has 1 aromatic carbocycles. The molecule has 2 N–H and O–H groups in total. The quantitative estimate of drug-likeness (QED) is 0.502. The van der Waals surface area contributed by atoms with Gasteiger partial charge in [0.05, 0.1) is 19.1 Å². The summed E-state index contributed by atoms with van der Waals surface area (Å²) in [4.78, 5) is 40.7. The molecular weight excluding hydrogens is 434 g/mol. The Morgan fingerprint density at radius 3 is 2.32 bits per heavy atom. The van der Waals surface area contributed by atoms with Gasteiger partial charge in [0.2, 0.25) is 5.91 Å². The molecule has 1 aliphatic rings. The first kappa shape index (κ1) is 23.4. The van der Waals surface area contributed by atoms with Gasteiger partial charge in [-0.3, -0.25) is 14.4 Å². The van der Waals surface area contributed by atoms with Crippen molar-refractivity contribution in [3.05, 3.63) is 84.2 Å². The van der Waals surface area contributed by atoms with Crippen LogP contribution in [0, 0.1) is 0 Å². The van der Waals surface area contributed by atoms with Crippen molar-refractivity contribution in [3.8, 4) is 0 Å². The van der Waals surface area contributed by atoms with Crippen LogP contribution in [-0.2, 0) is 16.1 Å². The van der Waals surface area contributed by atoms with Gasteiger partial charge in [-0.05, 0) is 42.7 Å². The predicted molar refractivity (Wildman–Crippen MR) is 124 cm³/mol. The third kappa shape index (κ3) is 5.95. The van der Waals surface area contributed by atoms with Gasteiger partial charge in [-0.1, -0.05) is 49.6 Å². The monoisotopic (exact) mass is 463 g/mol. The van der Waals surface area contributed by atoms with Gasteiger partial charge in [-0.25, -0.2) is 0 Å². The van der Waals surface area contributed by atoms with Gasteiger partial charge >= 0.3 is 0 Å². The highest BCUT2D eigenvalue weighted by atomic mass is 16.3. The summed E-state index contributed by atoms with van der Waals surface area (Å²) >= 11 is 0. The van der Waals surface area contributed by atoms with Crippen molar-refractivity contribution >= 4 is 17.7 Å². The molecule has 1 atom stereocenters. The highest BCUT2D eigenvalue weighted by Gasteiger charge is 2.35. The standard InChI is InChI=1S/C26H29N3O5/c30-23(17-27-25(31)22-14-8-16-34-22)29(18-19-9-3-1-4-10-19)24(21-13-7-15-33-21)26(32)28-20-11-5-2-6-12-20/h1,3-4,7-10,13-16,20,24H,2,5-6,11-12,17-18H2,(H,27,31)(H,28,32)/t24-/m0/s1. The lowest BCUT2D eigenvalue weighted by atomic mass is 9.95. The van der Waals surface area contributed by atoms with Crippen molar-refractivity contribution in [1.29, 1.82) is 0 Å². The molecule has 3 aromatic rings. The summed E-state index contributed by atoms with van der Waals surface area (Å²) in [7, 11) is 0. The van der Waals surface area contributed by atoms with Gasteiger partial charge in [0.1, 0.15) is 5.76 Å². The molecule has 2 heterocycles. The summed E-state index contributed by atoms with van der Waals surface area (Å²) in [5, 5.41) is 5.71. The zero-order valence-electron chi connectivity index (χ0n) is 18.9. The van der Waals surface area contributed by atoms with Crippen LogP contribution in [0.5, 0.6) is 0 Å². The Bertz CT molecular complexity index is 1060. The number of hydrogen-bond acceptors (Lipinski definition) is 5. The Labute approximate surface area is 198 Å². The maximum Gasteiger partial charge on any atom is 0.287 e. The molecule has 0 unspecified atom stereocenters. The molecule has 0 bridgehead atoms. The van der Waals surface area contributed by atoms with E-state index in [0.29, 0.717) is 5.76 Å². The van der Waals surface area contributed by atoms with Crippen molar-refractivity contribution in [2.45, 2.75) is 50.7 Å². The smallest absolute Gasteiger partial charge is 0.287 e. The summed E-state index contributed by atoms with van der Waals surface area (Å²) in [6.07, 6.45) is 8.03. The highest BCUT2D eigenvalue weighted by molar-refractivity contribution is 5.95. The number of nitrogens with one attached hydrogen (secondary N) is 2. The first-order valence-corrected chi connectivity index (χ1v) is 11.6. The first-order chi connectivity index (χ1) is 16.6. The second kappa shape index (κ2) is 11.4. The second-order valence-electron chi connectivity index (χ2n) is 8.43. The minimum atomic E-state index is -0.967. The van der Waals surface area contributed by atoms with E-state index in [9.17, 15) is 14.4 Å². The van der Waals surface area contributed by atoms with Crippen molar-refractivity contribution in [3.63, 3.8) is 0 Å². The van der Waals surface area contributed by atoms with E-state index in [1.54, 1.807) is 18.2 Å². The molecule has 4 rings (SSSR count). The van der Waals surface area contributed by atoms with E-state index in [0.717, 1.165) is 31.2 Å². The fourth-order valence-corrected chi connectivity index (χ4v) is 4.25. The number of rotatable bonds is 9. The van der Waals surface area contributed by atoms with Crippen LogP contribution in [0.1, 0.15) is 60.0 Å². The summed E-state index contributed by atoms with van der Waals surface area (Å²) in [6, 6.07) is 15.0. The van der Waals surface area contributed by atoms with E-state index in [1.165, 1.54) is 29.9 Å². The van der Waals surface area contributed by atoms with Gasteiger partial charge < -0.3 is 24.4 Å². The topological polar surface area (TPSA) is 105 Å². The van der Waals surface area contributed by atoms with Crippen LogP contribution in [0.3, 0.4) is 0 Å². The molecule has 1 fully saturated rings. The molecule has 0 saturated heterocycles. The van der Waals surface area contributed by atoms with E-state index < -0.39 is 17.9 Å². The molecule has 178 valence electrons. The van der Waals surface area contributed by atoms with Crippen molar-refractivity contribution in [2.24, 2.45) is 0 Å². The van der Waals surface area contributed by atoms with Crippen LogP contribution < -0.4 is 10.6 Å².